The minimum atomic E-state index is -4.63. The fraction of sp³-hybridized carbons (Fsp3) is 0.136. The summed E-state index contributed by atoms with van der Waals surface area (Å²) < 4.78 is 44.9. The summed E-state index contributed by atoms with van der Waals surface area (Å²) in [5, 5.41) is 14.3. The van der Waals surface area contributed by atoms with Crippen LogP contribution in [0.25, 0.3) is 6.08 Å². The highest BCUT2D eigenvalue weighted by molar-refractivity contribution is 7.09. The molecule has 0 bridgehead atoms. The first kappa shape index (κ1) is 22.1. The molecule has 0 saturated carbocycles. The van der Waals surface area contributed by atoms with Gasteiger partial charge in [0.05, 0.1) is 22.0 Å². The molecule has 9 heteroatoms. The Kier molecular flexibility index (Phi) is 6.72. The number of amides is 1. The molecule has 31 heavy (non-hydrogen) atoms. The lowest BCUT2D eigenvalue weighted by Crippen LogP contribution is -2.17. The molecular formula is C22H16F3N3O2S. The van der Waals surface area contributed by atoms with Gasteiger partial charge in [-0.1, -0.05) is 24.3 Å². The van der Waals surface area contributed by atoms with Gasteiger partial charge in [0.2, 0.25) is 0 Å². The van der Waals surface area contributed by atoms with Gasteiger partial charge in [-0.15, -0.1) is 11.3 Å². The van der Waals surface area contributed by atoms with Crippen LogP contribution in [-0.4, -0.2) is 10.9 Å². The topological polar surface area (TPSA) is 75.0 Å². The lowest BCUT2D eigenvalue weighted by atomic mass is 10.1. The van der Waals surface area contributed by atoms with E-state index in [-0.39, 0.29) is 5.57 Å². The Labute approximate surface area is 180 Å². The first-order chi connectivity index (χ1) is 14.8. The molecule has 158 valence electrons. The van der Waals surface area contributed by atoms with E-state index in [1.165, 1.54) is 29.5 Å². The molecule has 0 aliphatic carbocycles. The molecule has 5 nitrogen and oxygen atoms in total. The number of alkyl halides is 3. The van der Waals surface area contributed by atoms with E-state index in [1.54, 1.807) is 30.3 Å². The molecule has 3 rings (SSSR count). The number of aryl methyl sites for hydroxylation is 1. The standard InChI is InChI=1S/C22H16F3N3O2S/c1-14-27-17(13-31-14)12-30-18-8-6-15(7-9-18)10-16(11-26)21(29)28-20-5-3-2-4-19(20)22(23,24)25/h2-10,13H,12H2,1H3,(H,28,29)/b16-10+. The van der Waals surface area contributed by atoms with Crippen molar-refractivity contribution < 1.29 is 22.7 Å². The number of ether oxygens (including phenoxy) is 1. The molecule has 3 aromatic rings. The average Bonchev–Trinajstić information content (AvgIpc) is 3.16. The summed E-state index contributed by atoms with van der Waals surface area (Å²) in [6, 6.07) is 12.9. The van der Waals surface area contributed by atoms with E-state index in [4.69, 9.17) is 4.74 Å². The third kappa shape index (κ3) is 5.93. The quantitative estimate of drug-likeness (QED) is 0.398. The molecule has 2 aromatic carbocycles. The number of nitriles is 1. The monoisotopic (exact) mass is 443 g/mol. The normalized spacial score (nSPS) is 11.6. The molecule has 1 amide bonds. The van der Waals surface area contributed by atoms with Gasteiger partial charge in [0.25, 0.3) is 5.91 Å². The number of anilines is 1. The van der Waals surface area contributed by atoms with Crippen LogP contribution < -0.4 is 10.1 Å². The third-order valence-electron chi connectivity index (χ3n) is 4.09. The van der Waals surface area contributed by atoms with Crippen molar-refractivity contribution in [3.63, 3.8) is 0 Å². The van der Waals surface area contributed by atoms with Crippen LogP contribution in [0, 0.1) is 18.3 Å². The van der Waals surface area contributed by atoms with Crippen molar-refractivity contribution in [1.82, 2.24) is 4.98 Å². The smallest absolute Gasteiger partial charge is 0.418 e. The molecule has 0 aliphatic rings. The number of nitrogens with zero attached hydrogens (tertiary/aromatic N) is 2. The molecule has 0 unspecified atom stereocenters. The number of nitrogens with one attached hydrogen (secondary N) is 1. The van der Waals surface area contributed by atoms with E-state index < -0.39 is 23.3 Å². The highest BCUT2D eigenvalue weighted by atomic mass is 32.1. The molecule has 0 radical (unpaired) electrons. The number of thiazole rings is 1. The Hall–Kier alpha value is -3.64. The predicted octanol–water partition coefficient (Wildman–Crippen LogP) is 5.60. The molecule has 0 atom stereocenters. The Morgan fingerprint density at radius 1 is 1.23 bits per heavy atom. The maximum Gasteiger partial charge on any atom is 0.418 e. The molecule has 0 saturated heterocycles. The lowest BCUT2D eigenvalue weighted by molar-refractivity contribution is -0.137. The van der Waals surface area contributed by atoms with Crippen molar-refractivity contribution in [2.45, 2.75) is 19.7 Å². The minimum Gasteiger partial charge on any atom is -0.487 e. The van der Waals surface area contributed by atoms with Crippen LogP contribution in [0.1, 0.15) is 21.8 Å². The second-order valence-electron chi connectivity index (χ2n) is 6.38. The highest BCUT2D eigenvalue weighted by Gasteiger charge is 2.33. The van der Waals surface area contributed by atoms with E-state index in [9.17, 15) is 23.2 Å². The SMILES string of the molecule is Cc1nc(COc2ccc(/C=C(\C#N)C(=O)Nc3ccccc3C(F)(F)F)cc2)cs1. The van der Waals surface area contributed by atoms with Crippen molar-refractivity contribution in [3.8, 4) is 11.8 Å². The van der Waals surface area contributed by atoms with E-state index in [2.05, 4.69) is 10.3 Å². The Morgan fingerprint density at radius 3 is 2.55 bits per heavy atom. The number of para-hydroxylation sites is 1. The summed E-state index contributed by atoms with van der Waals surface area (Å²) in [6.07, 6.45) is -3.34. The van der Waals surface area contributed by atoms with Gasteiger partial charge in [-0.3, -0.25) is 4.79 Å². The molecular weight excluding hydrogens is 427 g/mol. The fourth-order valence-electron chi connectivity index (χ4n) is 2.64. The van der Waals surface area contributed by atoms with Gasteiger partial charge in [0, 0.05) is 5.38 Å². The zero-order chi connectivity index (χ0) is 22.4. The van der Waals surface area contributed by atoms with Gasteiger partial charge in [0.1, 0.15) is 24.0 Å². The van der Waals surface area contributed by atoms with E-state index >= 15 is 0 Å². The molecule has 1 heterocycles. The summed E-state index contributed by atoms with van der Waals surface area (Å²) in [7, 11) is 0. The molecule has 0 fully saturated rings. The van der Waals surface area contributed by atoms with Gasteiger partial charge in [-0.05, 0) is 42.8 Å². The number of aromatic nitrogens is 1. The van der Waals surface area contributed by atoms with Crippen LogP contribution in [0.15, 0.2) is 59.5 Å². The van der Waals surface area contributed by atoms with Gasteiger partial charge < -0.3 is 10.1 Å². The van der Waals surface area contributed by atoms with Crippen LogP contribution in [0.3, 0.4) is 0 Å². The van der Waals surface area contributed by atoms with Gasteiger partial charge in [-0.2, -0.15) is 18.4 Å². The van der Waals surface area contributed by atoms with Crippen molar-refractivity contribution >= 4 is 29.0 Å². The van der Waals surface area contributed by atoms with Gasteiger partial charge in [-0.25, -0.2) is 4.98 Å². The summed E-state index contributed by atoms with van der Waals surface area (Å²) in [4.78, 5) is 16.7. The van der Waals surface area contributed by atoms with Crippen molar-refractivity contribution in [3.05, 3.63) is 81.3 Å². The highest BCUT2D eigenvalue weighted by Crippen LogP contribution is 2.34. The Bertz CT molecular complexity index is 1150. The van der Waals surface area contributed by atoms with Crippen LogP contribution in [0.5, 0.6) is 5.75 Å². The summed E-state index contributed by atoms with van der Waals surface area (Å²) in [6.45, 7) is 2.21. The van der Waals surface area contributed by atoms with Crippen molar-refractivity contribution in [2.75, 3.05) is 5.32 Å². The van der Waals surface area contributed by atoms with E-state index in [0.717, 1.165) is 22.8 Å². The lowest BCUT2D eigenvalue weighted by Gasteiger charge is -2.13. The fourth-order valence-corrected chi connectivity index (χ4v) is 3.23. The van der Waals surface area contributed by atoms with Crippen LogP contribution in [0.4, 0.5) is 18.9 Å². The number of benzene rings is 2. The first-order valence-corrected chi connectivity index (χ1v) is 9.87. The number of carbonyl (C=O) groups is 1. The second kappa shape index (κ2) is 9.45. The maximum atomic E-state index is 13.1. The Morgan fingerprint density at radius 2 is 1.94 bits per heavy atom. The first-order valence-electron chi connectivity index (χ1n) is 8.99. The minimum absolute atomic E-state index is 0.310. The van der Waals surface area contributed by atoms with Crippen molar-refractivity contribution in [2.24, 2.45) is 0 Å². The summed E-state index contributed by atoms with van der Waals surface area (Å²) in [5.74, 6) is -0.358. The maximum absolute atomic E-state index is 13.1. The Balaban J connectivity index is 1.70. The zero-order valence-corrected chi connectivity index (χ0v) is 17.1. The number of carbonyl (C=O) groups excluding carboxylic acids is 1. The van der Waals surface area contributed by atoms with Gasteiger partial charge >= 0.3 is 6.18 Å². The molecule has 1 aromatic heterocycles. The van der Waals surface area contributed by atoms with Crippen LogP contribution >= 0.6 is 11.3 Å². The molecule has 0 spiro atoms. The largest absolute Gasteiger partial charge is 0.487 e. The number of rotatable bonds is 6. The van der Waals surface area contributed by atoms with Gasteiger partial charge in [0.15, 0.2) is 0 Å². The molecule has 0 aliphatic heterocycles. The average molecular weight is 443 g/mol. The number of halogens is 3. The van der Waals surface area contributed by atoms with E-state index in [1.807, 2.05) is 12.3 Å². The summed E-state index contributed by atoms with van der Waals surface area (Å²) in [5.41, 5.74) is -0.398. The van der Waals surface area contributed by atoms with E-state index in [0.29, 0.717) is 17.9 Å². The number of hydrogen-bond acceptors (Lipinski definition) is 5. The molecule has 1 N–H and O–H groups in total. The predicted molar refractivity (Wildman–Crippen MR) is 111 cm³/mol. The third-order valence-corrected chi connectivity index (χ3v) is 4.91. The summed E-state index contributed by atoms with van der Waals surface area (Å²) >= 11 is 1.53. The van der Waals surface area contributed by atoms with Crippen LogP contribution in [0.2, 0.25) is 0 Å². The van der Waals surface area contributed by atoms with Crippen LogP contribution in [-0.2, 0) is 17.6 Å². The van der Waals surface area contributed by atoms with Crippen molar-refractivity contribution in [1.29, 1.82) is 5.26 Å². The second-order valence-corrected chi connectivity index (χ2v) is 7.45. The zero-order valence-electron chi connectivity index (χ0n) is 16.2. The number of hydrogen-bond donors (Lipinski definition) is 1.